The first-order chi connectivity index (χ1) is 10.1. The molecule has 21 heavy (non-hydrogen) atoms. The first kappa shape index (κ1) is 15.0. The van der Waals surface area contributed by atoms with Crippen LogP contribution in [0.25, 0.3) is 0 Å². The van der Waals surface area contributed by atoms with Crippen molar-refractivity contribution in [3.05, 3.63) is 59.4 Å². The van der Waals surface area contributed by atoms with Gasteiger partial charge in [-0.25, -0.2) is 0 Å². The number of pyridine rings is 1. The monoisotopic (exact) mass is 284 g/mol. The van der Waals surface area contributed by atoms with Crippen LogP contribution in [0.15, 0.2) is 42.7 Å². The van der Waals surface area contributed by atoms with Crippen molar-refractivity contribution in [2.24, 2.45) is 0 Å². The molecule has 2 rings (SSSR count). The largest absolute Gasteiger partial charge is 0.484 e. The number of carbonyl (C=O) groups is 1. The van der Waals surface area contributed by atoms with E-state index >= 15 is 0 Å². The molecule has 1 heterocycles. The van der Waals surface area contributed by atoms with Gasteiger partial charge in [-0.1, -0.05) is 17.7 Å². The van der Waals surface area contributed by atoms with E-state index in [2.05, 4.69) is 4.98 Å². The van der Waals surface area contributed by atoms with Crippen molar-refractivity contribution in [2.45, 2.75) is 20.4 Å². The third-order valence-electron chi connectivity index (χ3n) is 3.28. The molecule has 0 radical (unpaired) electrons. The van der Waals surface area contributed by atoms with Gasteiger partial charge in [-0.05, 0) is 43.2 Å². The Bertz CT molecular complexity index is 611. The minimum Gasteiger partial charge on any atom is -0.484 e. The molecule has 1 aromatic heterocycles. The van der Waals surface area contributed by atoms with Crippen LogP contribution in [0.5, 0.6) is 5.75 Å². The van der Waals surface area contributed by atoms with E-state index in [9.17, 15) is 4.79 Å². The van der Waals surface area contributed by atoms with Crippen LogP contribution in [0.3, 0.4) is 0 Å². The summed E-state index contributed by atoms with van der Waals surface area (Å²) in [7, 11) is 1.77. The third kappa shape index (κ3) is 4.31. The van der Waals surface area contributed by atoms with Gasteiger partial charge >= 0.3 is 0 Å². The van der Waals surface area contributed by atoms with Gasteiger partial charge in [-0.2, -0.15) is 0 Å². The highest BCUT2D eigenvalue weighted by Gasteiger charge is 2.11. The number of aryl methyl sites for hydroxylation is 2. The molecule has 0 N–H and O–H groups in total. The number of benzene rings is 1. The standard InChI is InChI=1S/C17H20N2O2/c1-13-4-5-16(14(2)10-13)21-12-17(20)19(3)11-15-6-8-18-9-7-15/h4-10H,11-12H2,1-3H3. The van der Waals surface area contributed by atoms with Gasteiger partial charge in [0, 0.05) is 26.0 Å². The van der Waals surface area contributed by atoms with Crippen molar-refractivity contribution in [3.8, 4) is 5.75 Å². The maximum absolute atomic E-state index is 12.1. The summed E-state index contributed by atoms with van der Waals surface area (Å²) >= 11 is 0. The van der Waals surface area contributed by atoms with Crippen LogP contribution in [-0.4, -0.2) is 29.4 Å². The minimum absolute atomic E-state index is 0.0471. The average Bonchev–Trinajstić information content (AvgIpc) is 2.47. The second-order valence-electron chi connectivity index (χ2n) is 5.16. The normalized spacial score (nSPS) is 10.2. The number of amides is 1. The Kier molecular flexibility index (Phi) is 4.93. The summed E-state index contributed by atoms with van der Waals surface area (Å²) in [5.41, 5.74) is 3.27. The summed E-state index contributed by atoms with van der Waals surface area (Å²) in [6.07, 6.45) is 3.44. The molecule has 1 aromatic carbocycles. The van der Waals surface area contributed by atoms with Gasteiger partial charge in [0.05, 0.1) is 0 Å². The Balaban J connectivity index is 1.89. The van der Waals surface area contributed by atoms with Gasteiger partial charge in [0.25, 0.3) is 5.91 Å². The second-order valence-corrected chi connectivity index (χ2v) is 5.16. The molecule has 0 unspecified atom stereocenters. The topological polar surface area (TPSA) is 42.4 Å². The van der Waals surface area contributed by atoms with Gasteiger partial charge in [-0.15, -0.1) is 0 Å². The highest BCUT2D eigenvalue weighted by atomic mass is 16.5. The summed E-state index contributed by atoms with van der Waals surface area (Å²) in [5.74, 6) is 0.707. The Hall–Kier alpha value is -2.36. The van der Waals surface area contributed by atoms with Crippen molar-refractivity contribution in [3.63, 3.8) is 0 Å². The number of hydrogen-bond acceptors (Lipinski definition) is 3. The molecule has 0 bridgehead atoms. The van der Waals surface area contributed by atoms with Gasteiger partial charge < -0.3 is 9.64 Å². The quantitative estimate of drug-likeness (QED) is 0.848. The van der Waals surface area contributed by atoms with E-state index < -0.39 is 0 Å². The fourth-order valence-electron chi connectivity index (χ4n) is 2.06. The lowest BCUT2D eigenvalue weighted by molar-refractivity contribution is -0.132. The molecule has 4 nitrogen and oxygen atoms in total. The highest BCUT2D eigenvalue weighted by Crippen LogP contribution is 2.18. The Morgan fingerprint density at radius 3 is 2.57 bits per heavy atom. The summed E-state index contributed by atoms with van der Waals surface area (Å²) in [4.78, 5) is 17.7. The summed E-state index contributed by atoms with van der Waals surface area (Å²) in [5, 5.41) is 0. The SMILES string of the molecule is Cc1ccc(OCC(=O)N(C)Cc2ccncc2)c(C)c1. The van der Waals surface area contributed by atoms with E-state index in [1.54, 1.807) is 24.3 Å². The van der Waals surface area contributed by atoms with Crippen LogP contribution in [0.1, 0.15) is 16.7 Å². The van der Waals surface area contributed by atoms with E-state index in [1.165, 1.54) is 5.56 Å². The summed E-state index contributed by atoms with van der Waals surface area (Å²) < 4.78 is 5.61. The van der Waals surface area contributed by atoms with Gasteiger partial charge in [0.2, 0.25) is 0 Å². The molecule has 0 aliphatic carbocycles. The molecule has 4 heteroatoms. The van der Waals surface area contributed by atoms with Crippen LogP contribution in [0, 0.1) is 13.8 Å². The number of aromatic nitrogens is 1. The van der Waals surface area contributed by atoms with Crippen LogP contribution >= 0.6 is 0 Å². The zero-order valence-electron chi connectivity index (χ0n) is 12.7. The van der Waals surface area contributed by atoms with Crippen molar-refractivity contribution in [1.29, 1.82) is 0 Å². The number of hydrogen-bond donors (Lipinski definition) is 0. The van der Waals surface area contributed by atoms with Crippen molar-refractivity contribution < 1.29 is 9.53 Å². The zero-order chi connectivity index (χ0) is 15.2. The molecule has 0 fully saturated rings. The lowest BCUT2D eigenvalue weighted by Crippen LogP contribution is -2.31. The van der Waals surface area contributed by atoms with Gasteiger partial charge in [0.1, 0.15) is 5.75 Å². The summed E-state index contributed by atoms with van der Waals surface area (Å²) in [6.45, 7) is 4.61. The van der Waals surface area contributed by atoms with Crippen LogP contribution in [-0.2, 0) is 11.3 Å². The Labute approximate surface area is 125 Å². The lowest BCUT2D eigenvalue weighted by Gasteiger charge is -2.18. The molecule has 2 aromatic rings. The average molecular weight is 284 g/mol. The molecule has 0 saturated heterocycles. The fraction of sp³-hybridized carbons (Fsp3) is 0.294. The molecular weight excluding hydrogens is 264 g/mol. The molecule has 110 valence electrons. The Morgan fingerprint density at radius 1 is 1.19 bits per heavy atom. The van der Waals surface area contributed by atoms with E-state index in [-0.39, 0.29) is 12.5 Å². The maximum Gasteiger partial charge on any atom is 0.260 e. The predicted octanol–water partition coefficient (Wildman–Crippen LogP) is 2.74. The molecule has 0 aliphatic heterocycles. The first-order valence-electron chi connectivity index (χ1n) is 6.89. The van der Waals surface area contributed by atoms with Gasteiger partial charge in [-0.3, -0.25) is 9.78 Å². The molecule has 0 aliphatic rings. The zero-order valence-corrected chi connectivity index (χ0v) is 12.7. The number of nitrogens with zero attached hydrogens (tertiary/aromatic N) is 2. The molecule has 1 amide bonds. The summed E-state index contributed by atoms with van der Waals surface area (Å²) in [6, 6.07) is 9.72. The number of ether oxygens (including phenoxy) is 1. The van der Waals surface area contributed by atoms with Crippen LogP contribution < -0.4 is 4.74 Å². The van der Waals surface area contributed by atoms with Crippen LogP contribution in [0.2, 0.25) is 0 Å². The second kappa shape index (κ2) is 6.88. The van der Waals surface area contributed by atoms with E-state index in [0.717, 1.165) is 16.9 Å². The third-order valence-corrected chi connectivity index (χ3v) is 3.28. The minimum atomic E-state index is -0.0493. The van der Waals surface area contributed by atoms with Gasteiger partial charge in [0.15, 0.2) is 6.61 Å². The number of likely N-dealkylation sites (N-methyl/N-ethyl adjacent to an activating group) is 1. The van der Waals surface area contributed by atoms with E-state index in [0.29, 0.717) is 6.54 Å². The maximum atomic E-state index is 12.1. The van der Waals surface area contributed by atoms with Crippen molar-refractivity contribution in [2.75, 3.05) is 13.7 Å². The molecule has 0 atom stereocenters. The Morgan fingerprint density at radius 2 is 1.90 bits per heavy atom. The number of carbonyl (C=O) groups excluding carboxylic acids is 1. The smallest absolute Gasteiger partial charge is 0.260 e. The van der Waals surface area contributed by atoms with E-state index in [1.807, 2.05) is 44.2 Å². The molecule has 0 saturated carbocycles. The predicted molar refractivity (Wildman–Crippen MR) is 82.1 cm³/mol. The first-order valence-corrected chi connectivity index (χ1v) is 6.89. The highest BCUT2D eigenvalue weighted by molar-refractivity contribution is 5.77. The number of rotatable bonds is 5. The molecule has 0 spiro atoms. The van der Waals surface area contributed by atoms with Crippen LogP contribution in [0.4, 0.5) is 0 Å². The fourth-order valence-corrected chi connectivity index (χ4v) is 2.06. The molecular formula is C17H20N2O2. The van der Waals surface area contributed by atoms with Crippen molar-refractivity contribution >= 4 is 5.91 Å². The lowest BCUT2D eigenvalue weighted by atomic mass is 10.1. The van der Waals surface area contributed by atoms with E-state index in [4.69, 9.17) is 4.74 Å². The van der Waals surface area contributed by atoms with Crippen molar-refractivity contribution in [1.82, 2.24) is 9.88 Å².